The Morgan fingerprint density at radius 1 is 0.964 bits per heavy atom. The summed E-state index contributed by atoms with van der Waals surface area (Å²) in [4.78, 5) is 36.2. The first-order valence-electron chi connectivity index (χ1n) is 9.10. The Bertz CT molecular complexity index is 822. The fourth-order valence-electron chi connectivity index (χ4n) is 2.67. The molecule has 1 unspecified atom stereocenters. The summed E-state index contributed by atoms with van der Waals surface area (Å²) in [6, 6.07) is 10.9. The Balaban J connectivity index is 1.27. The molecule has 28 heavy (non-hydrogen) atoms. The highest BCUT2D eigenvalue weighted by Gasteiger charge is 2.21. The van der Waals surface area contributed by atoms with Gasteiger partial charge in [0.05, 0.1) is 11.4 Å². The van der Waals surface area contributed by atoms with Crippen LogP contribution in [0.15, 0.2) is 41.8 Å². The van der Waals surface area contributed by atoms with Gasteiger partial charge in [0.25, 0.3) is 0 Å². The Hall–Kier alpha value is -2.87. The van der Waals surface area contributed by atoms with Crippen LogP contribution in [0.5, 0.6) is 11.5 Å². The standard InChI is InChI=1S/C20H22N2O5S/c23-15(18-6-3-11-28-18)7-8-19(24)21-10-9-20(25)22-12-14-13-26-16-4-1-2-5-17(16)27-14/h1-6,11,14H,7-10,12-13H2,(H,21,24)(H,22,25). The molecule has 2 amide bonds. The minimum Gasteiger partial charge on any atom is -0.486 e. The zero-order valence-electron chi connectivity index (χ0n) is 15.3. The van der Waals surface area contributed by atoms with Crippen LogP contribution in [0, 0.1) is 0 Å². The van der Waals surface area contributed by atoms with Crippen molar-refractivity contribution in [2.75, 3.05) is 19.7 Å². The zero-order chi connectivity index (χ0) is 19.8. The van der Waals surface area contributed by atoms with Crippen LogP contribution in [0.3, 0.4) is 0 Å². The van der Waals surface area contributed by atoms with Crippen LogP contribution in [0.1, 0.15) is 28.9 Å². The molecule has 0 bridgehead atoms. The van der Waals surface area contributed by atoms with E-state index in [2.05, 4.69) is 10.6 Å². The lowest BCUT2D eigenvalue weighted by molar-refractivity contribution is -0.122. The van der Waals surface area contributed by atoms with Gasteiger partial charge in [-0.15, -0.1) is 11.3 Å². The number of hydrogen-bond acceptors (Lipinski definition) is 6. The monoisotopic (exact) mass is 402 g/mol. The van der Waals surface area contributed by atoms with E-state index in [0.29, 0.717) is 29.5 Å². The number of ketones is 1. The predicted octanol–water partition coefficient (Wildman–Crippen LogP) is 2.17. The second-order valence-corrected chi connectivity index (χ2v) is 7.25. The molecule has 2 N–H and O–H groups in total. The van der Waals surface area contributed by atoms with Gasteiger partial charge in [-0.25, -0.2) is 0 Å². The third-order valence-corrected chi connectivity index (χ3v) is 5.05. The quantitative estimate of drug-likeness (QED) is 0.627. The average molecular weight is 402 g/mol. The van der Waals surface area contributed by atoms with Crippen LogP contribution < -0.4 is 20.1 Å². The fourth-order valence-corrected chi connectivity index (χ4v) is 3.37. The number of hydrogen-bond donors (Lipinski definition) is 2. The normalized spacial score (nSPS) is 14.9. The summed E-state index contributed by atoms with van der Waals surface area (Å²) in [6.45, 7) is 0.922. The molecule has 7 nitrogen and oxygen atoms in total. The molecule has 0 aliphatic carbocycles. The molecule has 2 aromatic rings. The number of para-hydroxylation sites is 2. The van der Waals surface area contributed by atoms with Crippen molar-refractivity contribution >= 4 is 28.9 Å². The average Bonchev–Trinajstić information content (AvgIpc) is 3.25. The Morgan fingerprint density at radius 2 is 1.75 bits per heavy atom. The second kappa shape index (κ2) is 9.89. The lowest BCUT2D eigenvalue weighted by Gasteiger charge is -2.26. The molecule has 0 fully saturated rings. The minimum atomic E-state index is -0.253. The maximum Gasteiger partial charge on any atom is 0.221 e. The molecule has 1 aliphatic heterocycles. The number of ether oxygens (including phenoxy) is 2. The maximum absolute atomic E-state index is 11.9. The summed E-state index contributed by atoms with van der Waals surface area (Å²) in [5.74, 6) is 0.901. The number of amides is 2. The molecule has 0 radical (unpaired) electrons. The molecule has 8 heteroatoms. The van der Waals surface area contributed by atoms with E-state index in [1.807, 2.05) is 29.6 Å². The highest BCUT2D eigenvalue weighted by molar-refractivity contribution is 7.12. The van der Waals surface area contributed by atoms with Crippen LogP contribution in [0.25, 0.3) is 0 Å². The smallest absolute Gasteiger partial charge is 0.221 e. The van der Waals surface area contributed by atoms with Gasteiger partial charge in [0, 0.05) is 25.8 Å². The lowest BCUT2D eigenvalue weighted by atomic mass is 10.2. The van der Waals surface area contributed by atoms with Crippen LogP contribution in [-0.4, -0.2) is 43.4 Å². The van der Waals surface area contributed by atoms with Gasteiger partial charge in [0.15, 0.2) is 17.3 Å². The highest BCUT2D eigenvalue weighted by Crippen LogP contribution is 2.30. The number of thiophene rings is 1. The van der Waals surface area contributed by atoms with Crippen LogP contribution in [-0.2, 0) is 9.59 Å². The Labute approximate surface area is 167 Å². The minimum absolute atomic E-state index is 0.0424. The first-order chi connectivity index (χ1) is 13.6. The third kappa shape index (κ3) is 5.82. The van der Waals surface area contributed by atoms with Crippen molar-refractivity contribution < 1.29 is 23.9 Å². The van der Waals surface area contributed by atoms with Gasteiger partial charge >= 0.3 is 0 Å². The fraction of sp³-hybridized carbons (Fsp3) is 0.350. The van der Waals surface area contributed by atoms with E-state index in [-0.39, 0.29) is 49.5 Å². The van der Waals surface area contributed by atoms with E-state index in [1.165, 1.54) is 11.3 Å². The molecular weight excluding hydrogens is 380 g/mol. The molecule has 1 atom stereocenters. The first kappa shape index (κ1) is 19.9. The molecular formula is C20H22N2O5S. The first-order valence-corrected chi connectivity index (χ1v) is 9.98. The van der Waals surface area contributed by atoms with Gasteiger partial charge in [0.2, 0.25) is 11.8 Å². The van der Waals surface area contributed by atoms with Gasteiger partial charge in [-0.05, 0) is 23.6 Å². The van der Waals surface area contributed by atoms with E-state index < -0.39 is 0 Å². The third-order valence-electron chi connectivity index (χ3n) is 4.14. The number of rotatable bonds is 9. The van der Waals surface area contributed by atoms with Crippen molar-refractivity contribution in [1.82, 2.24) is 10.6 Å². The Morgan fingerprint density at radius 3 is 2.54 bits per heavy atom. The number of nitrogens with one attached hydrogen (secondary N) is 2. The lowest BCUT2D eigenvalue weighted by Crippen LogP contribution is -2.41. The molecule has 1 aromatic heterocycles. The van der Waals surface area contributed by atoms with E-state index in [1.54, 1.807) is 12.1 Å². The van der Waals surface area contributed by atoms with Crippen molar-refractivity contribution in [3.63, 3.8) is 0 Å². The molecule has 148 valence electrons. The zero-order valence-corrected chi connectivity index (χ0v) is 16.1. The van der Waals surface area contributed by atoms with Crippen LogP contribution in [0.2, 0.25) is 0 Å². The largest absolute Gasteiger partial charge is 0.486 e. The predicted molar refractivity (Wildman–Crippen MR) is 105 cm³/mol. The molecule has 0 saturated heterocycles. The van der Waals surface area contributed by atoms with Crippen molar-refractivity contribution in [3.8, 4) is 11.5 Å². The molecule has 2 heterocycles. The summed E-state index contributed by atoms with van der Waals surface area (Å²) in [7, 11) is 0. The van der Waals surface area contributed by atoms with Crippen LogP contribution >= 0.6 is 11.3 Å². The van der Waals surface area contributed by atoms with Gasteiger partial charge in [-0.2, -0.15) is 0 Å². The highest BCUT2D eigenvalue weighted by atomic mass is 32.1. The molecule has 1 aromatic carbocycles. The summed E-state index contributed by atoms with van der Waals surface area (Å²) >= 11 is 1.36. The Kier molecular flexibility index (Phi) is 7.02. The van der Waals surface area contributed by atoms with E-state index in [9.17, 15) is 14.4 Å². The summed E-state index contributed by atoms with van der Waals surface area (Å²) < 4.78 is 11.4. The van der Waals surface area contributed by atoms with E-state index >= 15 is 0 Å². The van der Waals surface area contributed by atoms with Crippen molar-refractivity contribution in [1.29, 1.82) is 0 Å². The molecule has 1 aliphatic rings. The molecule has 0 spiro atoms. The van der Waals surface area contributed by atoms with E-state index in [4.69, 9.17) is 9.47 Å². The van der Waals surface area contributed by atoms with Gasteiger partial charge in [-0.3, -0.25) is 14.4 Å². The molecule has 3 rings (SSSR count). The number of Topliss-reactive ketones (excluding diaryl/α,β-unsaturated/α-hetero) is 1. The van der Waals surface area contributed by atoms with Gasteiger partial charge < -0.3 is 20.1 Å². The number of fused-ring (bicyclic) bond motifs is 1. The number of carbonyl (C=O) groups is 3. The SMILES string of the molecule is O=C(CCC(=O)c1cccs1)NCCC(=O)NCC1COc2ccccc2O1. The van der Waals surface area contributed by atoms with Gasteiger partial charge in [0.1, 0.15) is 12.7 Å². The molecule has 0 saturated carbocycles. The topological polar surface area (TPSA) is 93.7 Å². The van der Waals surface area contributed by atoms with Crippen LogP contribution in [0.4, 0.5) is 0 Å². The summed E-state index contributed by atoms with van der Waals surface area (Å²) in [5, 5.41) is 7.27. The van der Waals surface area contributed by atoms with Gasteiger partial charge in [-0.1, -0.05) is 18.2 Å². The summed E-state index contributed by atoms with van der Waals surface area (Å²) in [5.41, 5.74) is 0. The van der Waals surface area contributed by atoms with Crippen molar-refractivity contribution in [2.45, 2.75) is 25.4 Å². The maximum atomic E-state index is 11.9. The van der Waals surface area contributed by atoms with Crippen molar-refractivity contribution in [2.24, 2.45) is 0 Å². The van der Waals surface area contributed by atoms with Crippen molar-refractivity contribution in [3.05, 3.63) is 46.7 Å². The number of carbonyl (C=O) groups excluding carboxylic acids is 3. The second-order valence-electron chi connectivity index (χ2n) is 6.30. The summed E-state index contributed by atoms with van der Waals surface area (Å²) in [6.07, 6.45) is 0.190. The number of benzene rings is 1. The van der Waals surface area contributed by atoms with E-state index in [0.717, 1.165) is 0 Å².